The molecule has 0 fully saturated rings. The van der Waals surface area contributed by atoms with E-state index < -0.39 is 17.1 Å². The van der Waals surface area contributed by atoms with Gasteiger partial charge in [-0.05, 0) is 24.3 Å². The molecular weight excluding hydrogens is 243 g/mol. The van der Waals surface area contributed by atoms with Crippen LogP contribution in [0.5, 0.6) is 5.75 Å². The van der Waals surface area contributed by atoms with Gasteiger partial charge in [0.25, 0.3) is 0 Å². The van der Waals surface area contributed by atoms with Crippen LogP contribution in [0, 0.1) is 11.3 Å². The fraction of sp³-hybridized carbons (Fsp3) is 0.300. The third-order valence-electron chi connectivity index (χ3n) is 1.72. The van der Waals surface area contributed by atoms with E-state index in [0.29, 0.717) is 0 Å². The molecule has 0 saturated heterocycles. The first-order valence-corrected chi connectivity index (χ1v) is 4.71. The third-order valence-corrected chi connectivity index (χ3v) is 1.94. The predicted molar refractivity (Wildman–Crippen MR) is 52.2 cm³/mol. The van der Waals surface area contributed by atoms with E-state index in [2.05, 4.69) is 0 Å². The van der Waals surface area contributed by atoms with Crippen molar-refractivity contribution in [2.24, 2.45) is 0 Å². The first-order chi connectivity index (χ1) is 7.43. The number of alkyl halides is 4. The normalized spacial score (nSPS) is 12.9. The van der Waals surface area contributed by atoms with Gasteiger partial charge in [-0.15, -0.1) is 11.6 Å². The number of hydrogen-bond acceptors (Lipinski definition) is 2. The minimum atomic E-state index is -4.36. The Hall–Kier alpha value is -1.41. The molecule has 6 heteroatoms. The molecule has 0 aromatic heterocycles. The van der Waals surface area contributed by atoms with Crippen molar-refractivity contribution < 1.29 is 17.9 Å². The van der Waals surface area contributed by atoms with Gasteiger partial charge in [-0.2, -0.15) is 18.4 Å². The van der Waals surface area contributed by atoms with Crippen LogP contribution in [0.2, 0.25) is 0 Å². The van der Waals surface area contributed by atoms with E-state index in [-0.39, 0.29) is 12.4 Å². The fourth-order valence-electron chi connectivity index (χ4n) is 0.947. The molecule has 0 aliphatic carbocycles. The summed E-state index contributed by atoms with van der Waals surface area (Å²) in [7, 11) is 0. The molecule has 1 aromatic carbocycles. The Morgan fingerprint density at radius 2 is 1.88 bits per heavy atom. The highest BCUT2D eigenvalue weighted by Gasteiger charge is 2.29. The Labute approximate surface area is 95.2 Å². The average Bonchev–Trinajstić information content (AvgIpc) is 2.25. The van der Waals surface area contributed by atoms with E-state index >= 15 is 0 Å². The van der Waals surface area contributed by atoms with Crippen LogP contribution in [0.3, 0.4) is 0 Å². The Morgan fingerprint density at radius 3 is 2.31 bits per heavy atom. The van der Waals surface area contributed by atoms with Crippen LogP contribution >= 0.6 is 11.6 Å². The molecule has 1 rings (SSSR count). The molecule has 0 aliphatic heterocycles. The quantitative estimate of drug-likeness (QED) is 0.771. The molecule has 2 nitrogen and oxygen atoms in total. The van der Waals surface area contributed by atoms with Crippen molar-refractivity contribution in [1.82, 2.24) is 0 Å². The zero-order chi connectivity index (χ0) is 12.2. The summed E-state index contributed by atoms with van der Waals surface area (Å²) < 4.78 is 41.6. The van der Waals surface area contributed by atoms with Gasteiger partial charge in [-0.1, -0.05) is 0 Å². The van der Waals surface area contributed by atoms with Gasteiger partial charge in [0, 0.05) is 0 Å². The molecule has 0 N–H and O–H groups in total. The minimum absolute atomic E-state index is 0.0661. The number of benzene rings is 1. The summed E-state index contributed by atoms with van der Waals surface area (Å²) in [4.78, 5) is 0. The summed E-state index contributed by atoms with van der Waals surface area (Å²) in [5, 5.41) is 7.54. The summed E-state index contributed by atoms with van der Waals surface area (Å²) in [6, 6.07) is 5.92. The lowest BCUT2D eigenvalue weighted by Gasteiger charge is -2.09. The first-order valence-electron chi connectivity index (χ1n) is 4.27. The second kappa shape index (κ2) is 5.08. The highest BCUT2D eigenvalue weighted by molar-refractivity contribution is 6.22. The van der Waals surface area contributed by atoms with E-state index in [1.807, 2.05) is 0 Å². The predicted octanol–water partition coefficient (Wildman–Crippen LogP) is 3.22. The highest BCUT2D eigenvalue weighted by atomic mass is 35.5. The van der Waals surface area contributed by atoms with Crippen LogP contribution in [0.1, 0.15) is 5.56 Å². The largest absolute Gasteiger partial charge is 0.491 e. The second-order valence-corrected chi connectivity index (χ2v) is 3.46. The van der Waals surface area contributed by atoms with E-state index in [0.717, 1.165) is 12.1 Å². The van der Waals surface area contributed by atoms with Crippen molar-refractivity contribution in [3.63, 3.8) is 0 Å². The maximum atomic E-state index is 12.2. The molecule has 0 bridgehead atoms. The molecule has 0 amide bonds. The number of halogens is 4. The summed E-state index contributed by atoms with van der Waals surface area (Å²) in [5.74, 6) is 0.244. The van der Waals surface area contributed by atoms with Crippen LogP contribution in [0.25, 0.3) is 0 Å². The first kappa shape index (κ1) is 12.7. The molecule has 1 aromatic rings. The van der Waals surface area contributed by atoms with Crippen molar-refractivity contribution in [2.45, 2.75) is 11.6 Å². The third kappa shape index (κ3) is 3.63. The number of nitrogens with zero attached hydrogens (tertiary/aromatic N) is 1. The number of rotatable bonds is 3. The van der Waals surface area contributed by atoms with E-state index in [1.165, 1.54) is 12.1 Å². The SMILES string of the molecule is N#CC(Cl)COc1ccc(C(F)(F)F)cc1. The highest BCUT2D eigenvalue weighted by Crippen LogP contribution is 2.30. The van der Waals surface area contributed by atoms with Gasteiger partial charge in [0.05, 0.1) is 11.6 Å². The van der Waals surface area contributed by atoms with E-state index in [9.17, 15) is 13.2 Å². The minimum Gasteiger partial charge on any atom is -0.491 e. The lowest BCUT2D eigenvalue weighted by Crippen LogP contribution is -2.09. The van der Waals surface area contributed by atoms with Crippen LogP contribution in [0.4, 0.5) is 13.2 Å². The lowest BCUT2D eigenvalue weighted by molar-refractivity contribution is -0.137. The molecule has 0 radical (unpaired) electrons. The van der Waals surface area contributed by atoms with Gasteiger partial charge >= 0.3 is 6.18 Å². The molecule has 0 saturated carbocycles. The fourth-order valence-corrected chi connectivity index (χ4v) is 1.01. The zero-order valence-corrected chi connectivity index (χ0v) is 8.72. The van der Waals surface area contributed by atoms with Gasteiger partial charge in [-0.25, -0.2) is 0 Å². The summed E-state index contributed by atoms with van der Waals surface area (Å²) in [6.45, 7) is -0.0661. The molecule has 0 heterocycles. The Morgan fingerprint density at radius 1 is 1.31 bits per heavy atom. The van der Waals surface area contributed by atoms with Crippen molar-refractivity contribution in [1.29, 1.82) is 5.26 Å². The molecule has 1 unspecified atom stereocenters. The topological polar surface area (TPSA) is 33.0 Å². The van der Waals surface area contributed by atoms with Crippen molar-refractivity contribution >= 4 is 11.6 Å². The summed E-state index contributed by atoms with van der Waals surface area (Å²) in [6.07, 6.45) is -4.36. The molecule has 0 spiro atoms. The van der Waals surface area contributed by atoms with Gasteiger partial charge in [0.1, 0.15) is 12.4 Å². The maximum Gasteiger partial charge on any atom is 0.416 e. The van der Waals surface area contributed by atoms with Crippen LogP contribution in [-0.2, 0) is 6.18 Å². The molecule has 86 valence electrons. The standard InChI is InChI=1S/C10H7ClF3NO/c11-8(5-15)6-16-9-3-1-7(2-4-9)10(12,13)14/h1-4,8H,6H2. The van der Waals surface area contributed by atoms with Gasteiger partial charge < -0.3 is 4.74 Å². The van der Waals surface area contributed by atoms with Gasteiger partial charge in [-0.3, -0.25) is 0 Å². The average molecular weight is 250 g/mol. The van der Waals surface area contributed by atoms with E-state index in [1.54, 1.807) is 6.07 Å². The molecular formula is C10H7ClF3NO. The zero-order valence-electron chi connectivity index (χ0n) is 7.96. The Kier molecular flexibility index (Phi) is 4.02. The van der Waals surface area contributed by atoms with Gasteiger partial charge in [0.2, 0.25) is 0 Å². The number of hydrogen-bond donors (Lipinski definition) is 0. The van der Waals surface area contributed by atoms with Crippen LogP contribution in [-0.4, -0.2) is 12.0 Å². The number of ether oxygens (including phenoxy) is 1. The maximum absolute atomic E-state index is 12.2. The second-order valence-electron chi connectivity index (χ2n) is 2.93. The summed E-state index contributed by atoms with van der Waals surface area (Å²) >= 11 is 5.45. The molecule has 0 aliphatic rings. The van der Waals surface area contributed by atoms with Crippen molar-refractivity contribution in [2.75, 3.05) is 6.61 Å². The number of nitriles is 1. The molecule has 1 atom stereocenters. The smallest absolute Gasteiger partial charge is 0.416 e. The Bertz CT molecular complexity index is 383. The monoisotopic (exact) mass is 249 g/mol. The van der Waals surface area contributed by atoms with Crippen molar-refractivity contribution in [3.05, 3.63) is 29.8 Å². The van der Waals surface area contributed by atoms with Crippen LogP contribution in [0.15, 0.2) is 24.3 Å². The van der Waals surface area contributed by atoms with Crippen LogP contribution < -0.4 is 4.74 Å². The lowest BCUT2D eigenvalue weighted by atomic mass is 10.2. The Balaban J connectivity index is 2.63. The molecule has 16 heavy (non-hydrogen) atoms. The van der Waals surface area contributed by atoms with E-state index in [4.69, 9.17) is 21.6 Å². The van der Waals surface area contributed by atoms with Gasteiger partial charge in [0.15, 0.2) is 5.38 Å². The summed E-state index contributed by atoms with van der Waals surface area (Å²) in [5.41, 5.74) is -0.748. The van der Waals surface area contributed by atoms with Crippen molar-refractivity contribution in [3.8, 4) is 11.8 Å².